The highest BCUT2D eigenvalue weighted by molar-refractivity contribution is 7.89. The van der Waals surface area contributed by atoms with Crippen molar-refractivity contribution in [2.75, 3.05) is 31.6 Å². The van der Waals surface area contributed by atoms with Crippen molar-refractivity contribution in [1.82, 2.24) is 14.1 Å². The molecule has 1 aromatic carbocycles. The van der Waals surface area contributed by atoms with Gasteiger partial charge in [-0.25, -0.2) is 8.42 Å². The first-order valence-corrected chi connectivity index (χ1v) is 11.2. The molecule has 0 atom stereocenters. The smallest absolute Gasteiger partial charge is 0.246 e. The van der Waals surface area contributed by atoms with Gasteiger partial charge in [0.05, 0.1) is 31.1 Å². The maximum atomic E-state index is 13.0. The van der Waals surface area contributed by atoms with Gasteiger partial charge in [0, 0.05) is 30.2 Å². The molecule has 0 saturated carbocycles. The standard InChI is InChI=1S/C19H25ClN4O4S/c1-13-4-5-16(12-17(13)20)21-18(25)6-7-24-15(3)19(14(2)22-24)29(26,27)23-8-10-28-11-9-23/h4-5,12H,6-11H2,1-3H3,(H,21,25). The average molecular weight is 441 g/mol. The molecule has 3 rings (SSSR count). The van der Waals surface area contributed by atoms with E-state index in [1.165, 1.54) is 4.31 Å². The second-order valence-electron chi connectivity index (χ2n) is 7.00. The van der Waals surface area contributed by atoms with Crippen LogP contribution >= 0.6 is 11.6 Å². The van der Waals surface area contributed by atoms with E-state index in [4.69, 9.17) is 16.3 Å². The number of sulfonamides is 1. The highest BCUT2D eigenvalue weighted by Crippen LogP contribution is 2.25. The molecule has 158 valence electrons. The number of benzene rings is 1. The second kappa shape index (κ2) is 8.83. The molecule has 0 bridgehead atoms. The Morgan fingerprint density at radius 3 is 2.59 bits per heavy atom. The fraction of sp³-hybridized carbons (Fsp3) is 0.474. The summed E-state index contributed by atoms with van der Waals surface area (Å²) in [4.78, 5) is 12.5. The molecular weight excluding hydrogens is 416 g/mol. The van der Waals surface area contributed by atoms with Crippen molar-refractivity contribution < 1.29 is 17.9 Å². The van der Waals surface area contributed by atoms with Crippen molar-refractivity contribution in [3.63, 3.8) is 0 Å². The third-order valence-corrected chi connectivity index (χ3v) is 7.45. The lowest BCUT2D eigenvalue weighted by molar-refractivity contribution is -0.116. The minimum absolute atomic E-state index is 0.157. The fourth-order valence-corrected chi connectivity index (χ4v) is 5.25. The summed E-state index contributed by atoms with van der Waals surface area (Å²) >= 11 is 6.08. The Bertz CT molecular complexity index is 1010. The SMILES string of the molecule is Cc1ccc(NC(=O)CCn2nc(C)c(S(=O)(=O)N3CCOCC3)c2C)cc1Cl. The molecule has 1 aliphatic rings. The summed E-state index contributed by atoms with van der Waals surface area (Å²) in [6, 6.07) is 5.32. The number of nitrogens with one attached hydrogen (secondary N) is 1. The third kappa shape index (κ3) is 4.80. The summed E-state index contributed by atoms with van der Waals surface area (Å²) in [5.41, 5.74) is 2.51. The van der Waals surface area contributed by atoms with Gasteiger partial charge in [0.2, 0.25) is 15.9 Å². The van der Waals surface area contributed by atoms with E-state index in [0.717, 1.165) is 5.56 Å². The zero-order valence-electron chi connectivity index (χ0n) is 16.7. The number of anilines is 1. The minimum atomic E-state index is -3.64. The maximum Gasteiger partial charge on any atom is 0.246 e. The predicted octanol–water partition coefficient (Wildman–Crippen LogP) is 2.51. The first-order chi connectivity index (χ1) is 13.7. The van der Waals surface area contributed by atoms with Crippen LogP contribution in [0.3, 0.4) is 0 Å². The molecule has 1 amide bonds. The van der Waals surface area contributed by atoms with Gasteiger partial charge >= 0.3 is 0 Å². The van der Waals surface area contributed by atoms with Gasteiger partial charge in [-0.2, -0.15) is 9.40 Å². The lowest BCUT2D eigenvalue weighted by atomic mass is 10.2. The molecule has 0 aliphatic carbocycles. The summed E-state index contributed by atoms with van der Waals surface area (Å²) in [6.07, 6.45) is 0.157. The van der Waals surface area contributed by atoms with Crippen LogP contribution in [-0.4, -0.2) is 54.7 Å². The number of amides is 1. The Kier molecular flexibility index (Phi) is 6.62. The second-order valence-corrected chi connectivity index (χ2v) is 9.28. The van der Waals surface area contributed by atoms with Crippen molar-refractivity contribution in [2.24, 2.45) is 0 Å². The molecule has 1 aromatic heterocycles. The molecule has 1 N–H and O–H groups in total. The summed E-state index contributed by atoms with van der Waals surface area (Å²) in [5.74, 6) is -0.199. The number of hydrogen-bond donors (Lipinski definition) is 1. The average Bonchev–Trinajstić information content (AvgIpc) is 2.97. The van der Waals surface area contributed by atoms with E-state index >= 15 is 0 Å². The lowest BCUT2D eigenvalue weighted by Crippen LogP contribution is -2.41. The number of rotatable bonds is 6. The number of aromatic nitrogens is 2. The van der Waals surface area contributed by atoms with Crippen molar-refractivity contribution in [3.05, 3.63) is 40.2 Å². The van der Waals surface area contributed by atoms with Crippen LogP contribution < -0.4 is 5.32 Å². The predicted molar refractivity (Wildman–Crippen MR) is 111 cm³/mol. The Labute approximate surface area is 175 Å². The molecule has 29 heavy (non-hydrogen) atoms. The van der Waals surface area contributed by atoms with Gasteiger partial charge in [-0.3, -0.25) is 9.48 Å². The Balaban J connectivity index is 1.69. The molecule has 8 nitrogen and oxygen atoms in total. The summed E-state index contributed by atoms with van der Waals surface area (Å²) in [7, 11) is -3.64. The van der Waals surface area contributed by atoms with E-state index in [2.05, 4.69) is 10.4 Å². The number of aryl methyl sites for hydroxylation is 3. The van der Waals surface area contributed by atoms with Crippen LogP contribution in [0.2, 0.25) is 5.02 Å². The molecule has 1 aliphatic heterocycles. The molecule has 10 heteroatoms. The van der Waals surface area contributed by atoms with E-state index in [9.17, 15) is 13.2 Å². The monoisotopic (exact) mass is 440 g/mol. The molecule has 0 spiro atoms. The first-order valence-electron chi connectivity index (χ1n) is 9.38. The van der Waals surface area contributed by atoms with Crippen LogP contribution in [0.5, 0.6) is 0 Å². The van der Waals surface area contributed by atoms with Crippen LogP contribution in [-0.2, 0) is 26.1 Å². The molecule has 0 radical (unpaired) electrons. The van der Waals surface area contributed by atoms with Crippen molar-refractivity contribution in [1.29, 1.82) is 0 Å². The fourth-order valence-electron chi connectivity index (χ4n) is 3.29. The van der Waals surface area contributed by atoms with E-state index in [-0.39, 0.29) is 23.8 Å². The molecule has 1 saturated heterocycles. The van der Waals surface area contributed by atoms with E-state index in [0.29, 0.717) is 48.4 Å². The van der Waals surface area contributed by atoms with Crippen LogP contribution in [0.1, 0.15) is 23.4 Å². The molecule has 1 fully saturated rings. The van der Waals surface area contributed by atoms with Crippen LogP contribution in [0.4, 0.5) is 5.69 Å². The Hall–Kier alpha value is -1.94. The van der Waals surface area contributed by atoms with Crippen molar-refractivity contribution in [3.8, 4) is 0 Å². The topological polar surface area (TPSA) is 93.5 Å². The summed E-state index contributed by atoms with van der Waals surface area (Å²) < 4.78 is 34.3. The van der Waals surface area contributed by atoms with Gasteiger partial charge < -0.3 is 10.1 Å². The van der Waals surface area contributed by atoms with E-state index in [1.807, 2.05) is 13.0 Å². The van der Waals surface area contributed by atoms with Gasteiger partial charge in [-0.05, 0) is 38.5 Å². The van der Waals surface area contributed by atoms with Gasteiger partial charge in [0.25, 0.3) is 0 Å². The van der Waals surface area contributed by atoms with Crippen LogP contribution in [0, 0.1) is 20.8 Å². The maximum absolute atomic E-state index is 13.0. The van der Waals surface area contributed by atoms with Crippen LogP contribution in [0.15, 0.2) is 23.1 Å². The van der Waals surface area contributed by atoms with Gasteiger partial charge in [-0.1, -0.05) is 17.7 Å². The number of hydrogen-bond acceptors (Lipinski definition) is 5. The first kappa shape index (κ1) is 21.8. The quantitative estimate of drug-likeness (QED) is 0.744. The van der Waals surface area contributed by atoms with E-state index < -0.39 is 10.0 Å². The van der Waals surface area contributed by atoms with Gasteiger partial charge in [-0.15, -0.1) is 0 Å². The summed E-state index contributed by atoms with van der Waals surface area (Å²) in [6.45, 7) is 6.97. The zero-order chi connectivity index (χ0) is 21.2. The number of nitrogens with zero attached hydrogens (tertiary/aromatic N) is 3. The highest BCUT2D eigenvalue weighted by Gasteiger charge is 2.32. The number of carbonyl (C=O) groups excluding carboxylic acids is 1. The van der Waals surface area contributed by atoms with Gasteiger partial charge in [0.15, 0.2) is 0 Å². The normalized spacial score (nSPS) is 15.4. The highest BCUT2D eigenvalue weighted by atomic mass is 35.5. The molecule has 2 heterocycles. The van der Waals surface area contributed by atoms with Gasteiger partial charge in [0.1, 0.15) is 4.90 Å². The number of halogens is 1. The third-order valence-electron chi connectivity index (χ3n) is 4.89. The van der Waals surface area contributed by atoms with Crippen molar-refractivity contribution in [2.45, 2.75) is 38.6 Å². The number of morpholine rings is 1. The lowest BCUT2D eigenvalue weighted by Gasteiger charge is -2.26. The number of carbonyl (C=O) groups is 1. The molecular formula is C19H25ClN4O4S. The van der Waals surface area contributed by atoms with E-state index in [1.54, 1.807) is 30.7 Å². The minimum Gasteiger partial charge on any atom is -0.379 e. The molecule has 0 unspecified atom stereocenters. The number of ether oxygens (including phenoxy) is 1. The largest absolute Gasteiger partial charge is 0.379 e. The Morgan fingerprint density at radius 2 is 1.93 bits per heavy atom. The van der Waals surface area contributed by atoms with Crippen LogP contribution in [0.25, 0.3) is 0 Å². The Morgan fingerprint density at radius 1 is 1.24 bits per heavy atom. The molecule has 2 aromatic rings. The zero-order valence-corrected chi connectivity index (χ0v) is 18.3. The van der Waals surface area contributed by atoms with Crippen molar-refractivity contribution >= 4 is 33.2 Å². The summed E-state index contributed by atoms with van der Waals surface area (Å²) in [5, 5.41) is 7.74.